The minimum absolute atomic E-state index is 0.0877. The van der Waals surface area contributed by atoms with Crippen LogP contribution >= 0.6 is 0 Å². The lowest BCUT2D eigenvalue weighted by molar-refractivity contribution is 0.139. The maximum atomic E-state index is 9.33. The molecule has 0 amide bonds. The van der Waals surface area contributed by atoms with Crippen LogP contribution in [0, 0.1) is 0 Å². The van der Waals surface area contributed by atoms with Gasteiger partial charge in [-0.3, -0.25) is 0 Å². The molecule has 0 unspecified atom stereocenters. The van der Waals surface area contributed by atoms with Crippen LogP contribution in [0.5, 0.6) is 0 Å². The van der Waals surface area contributed by atoms with Crippen molar-refractivity contribution in [3.8, 4) is 0 Å². The van der Waals surface area contributed by atoms with Gasteiger partial charge in [0.25, 0.3) is 0 Å². The van der Waals surface area contributed by atoms with Gasteiger partial charge in [0.05, 0.1) is 18.3 Å². The highest BCUT2D eigenvalue weighted by molar-refractivity contribution is 4.88. The molecule has 2 rings (SSSR count). The van der Waals surface area contributed by atoms with Crippen molar-refractivity contribution in [2.24, 2.45) is 0 Å². The quantitative estimate of drug-likeness (QED) is 0.513. The van der Waals surface area contributed by atoms with Crippen molar-refractivity contribution in [1.29, 1.82) is 0 Å². The van der Waals surface area contributed by atoms with Gasteiger partial charge in [0.2, 0.25) is 0 Å². The summed E-state index contributed by atoms with van der Waals surface area (Å²) in [5, 5.41) is 9.33. The Morgan fingerprint density at radius 3 is 2.80 bits per heavy atom. The van der Waals surface area contributed by atoms with Crippen LogP contribution in [0.4, 0.5) is 0 Å². The Hall–Kier alpha value is -0.0800. The molecule has 3 atom stereocenters. The van der Waals surface area contributed by atoms with Crippen molar-refractivity contribution in [3.63, 3.8) is 0 Å². The molecule has 10 heavy (non-hydrogen) atoms. The molecule has 1 saturated carbocycles. The van der Waals surface area contributed by atoms with Crippen molar-refractivity contribution < 1.29 is 9.84 Å². The highest BCUT2D eigenvalue weighted by Crippen LogP contribution is 2.33. The molecule has 0 radical (unpaired) electrons. The molecule has 0 aromatic rings. The van der Waals surface area contributed by atoms with E-state index >= 15 is 0 Å². The molecule has 1 aliphatic carbocycles. The molecule has 2 nitrogen and oxygen atoms in total. The second-order valence-corrected chi connectivity index (χ2v) is 3.39. The smallest absolute Gasteiger partial charge is 0.0866 e. The number of aliphatic hydroxyl groups excluding tert-OH is 1. The Labute approximate surface area is 61.2 Å². The molecule has 0 spiro atoms. The first-order valence-electron chi connectivity index (χ1n) is 4.20. The fraction of sp³-hybridized carbons (Fsp3) is 1.00. The Morgan fingerprint density at radius 2 is 1.90 bits per heavy atom. The van der Waals surface area contributed by atoms with Gasteiger partial charge in [-0.1, -0.05) is 12.8 Å². The monoisotopic (exact) mass is 142 g/mol. The molecule has 0 aromatic heterocycles. The van der Waals surface area contributed by atoms with Crippen LogP contribution in [-0.4, -0.2) is 23.4 Å². The first-order chi connectivity index (χ1) is 4.86. The van der Waals surface area contributed by atoms with E-state index in [0.717, 1.165) is 12.8 Å². The van der Waals surface area contributed by atoms with Crippen molar-refractivity contribution in [1.82, 2.24) is 0 Å². The Balaban J connectivity index is 1.85. The van der Waals surface area contributed by atoms with Gasteiger partial charge in [-0.05, 0) is 12.8 Å². The van der Waals surface area contributed by atoms with Gasteiger partial charge in [0.15, 0.2) is 0 Å². The Kier molecular flexibility index (Phi) is 1.66. The summed E-state index contributed by atoms with van der Waals surface area (Å²) in [4.78, 5) is 0. The number of epoxide rings is 1. The molecule has 1 saturated heterocycles. The zero-order valence-corrected chi connectivity index (χ0v) is 6.12. The highest BCUT2D eigenvalue weighted by Gasteiger charge is 2.40. The van der Waals surface area contributed by atoms with E-state index in [2.05, 4.69) is 0 Å². The van der Waals surface area contributed by atoms with Gasteiger partial charge in [-0.2, -0.15) is 0 Å². The molecule has 1 N–H and O–H groups in total. The van der Waals surface area contributed by atoms with E-state index in [-0.39, 0.29) is 6.10 Å². The number of rotatable bonds is 0. The van der Waals surface area contributed by atoms with Crippen LogP contribution < -0.4 is 0 Å². The lowest BCUT2D eigenvalue weighted by atomic mass is 9.99. The summed E-state index contributed by atoms with van der Waals surface area (Å²) in [7, 11) is 0. The molecule has 2 aliphatic rings. The molecule has 1 heterocycles. The lowest BCUT2D eigenvalue weighted by Crippen LogP contribution is -2.13. The molecular formula is C8H14O2. The van der Waals surface area contributed by atoms with E-state index in [1.807, 2.05) is 0 Å². The summed E-state index contributed by atoms with van der Waals surface area (Å²) in [6.07, 6.45) is 6.32. The zero-order chi connectivity index (χ0) is 6.97. The fourth-order valence-corrected chi connectivity index (χ4v) is 1.75. The van der Waals surface area contributed by atoms with Crippen LogP contribution in [0.2, 0.25) is 0 Å². The second-order valence-electron chi connectivity index (χ2n) is 3.39. The molecule has 1 aliphatic heterocycles. The van der Waals surface area contributed by atoms with Crippen molar-refractivity contribution in [3.05, 3.63) is 0 Å². The average Bonchev–Trinajstić information content (AvgIpc) is 2.54. The van der Waals surface area contributed by atoms with E-state index in [9.17, 15) is 5.11 Å². The summed E-state index contributed by atoms with van der Waals surface area (Å²) in [5.74, 6) is 0. The van der Waals surface area contributed by atoms with Crippen LogP contribution in [0.15, 0.2) is 0 Å². The lowest BCUT2D eigenvalue weighted by Gasteiger charge is -2.10. The van der Waals surface area contributed by atoms with Gasteiger partial charge in [0.1, 0.15) is 0 Å². The number of fused-ring (bicyclic) bond motifs is 1. The second kappa shape index (κ2) is 2.51. The predicted octanol–water partition coefficient (Wildman–Crippen LogP) is 1.08. The zero-order valence-electron chi connectivity index (χ0n) is 6.12. The topological polar surface area (TPSA) is 32.8 Å². The third-order valence-electron chi connectivity index (χ3n) is 2.47. The molecule has 2 fully saturated rings. The third-order valence-corrected chi connectivity index (χ3v) is 2.47. The predicted molar refractivity (Wildman–Crippen MR) is 37.8 cm³/mol. The highest BCUT2D eigenvalue weighted by atomic mass is 16.6. The summed E-state index contributed by atoms with van der Waals surface area (Å²) < 4.78 is 5.35. The molecule has 0 aromatic carbocycles. The SMILES string of the molecule is O[C@@H]1CCCC[C@H]2O[C@H]2C1. The number of ether oxygens (including phenoxy) is 1. The van der Waals surface area contributed by atoms with Gasteiger partial charge in [0, 0.05) is 6.42 Å². The van der Waals surface area contributed by atoms with E-state index in [4.69, 9.17) is 4.74 Å². The van der Waals surface area contributed by atoms with Gasteiger partial charge in [-0.25, -0.2) is 0 Å². The normalized spacial score (nSPS) is 47.1. The summed E-state index contributed by atoms with van der Waals surface area (Å²) in [6.45, 7) is 0. The summed E-state index contributed by atoms with van der Waals surface area (Å²) in [5.41, 5.74) is 0. The van der Waals surface area contributed by atoms with Gasteiger partial charge < -0.3 is 9.84 Å². The Bertz CT molecular complexity index is 124. The third kappa shape index (κ3) is 1.32. The van der Waals surface area contributed by atoms with Crippen molar-refractivity contribution in [2.75, 3.05) is 0 Å². The van der Waals surface area contributed by atoms with Crippen LogP contribution in [0.3, 0.4) is 0 Å². The maximum absolute atomic E-state index is 9.33. The largest absolute Gasteiger partial charge is 0.393 e. The number of aliphatic hydroxyl groups is 1. The van der Waals surface area contributed by atoms with Crippen molar-refractivity contribution in [2.45, 2.75) is 50.4 Å². The van der Waals surface area contributed by atoms with Gasteiger partial charge in [-0.15, -0.1) is 0 Å². The van der Waals surface area contributed by atoms with E-state index < -0.39 is 0 Å². The first kappa shape index (κ1) is 6.62. The molecule has 58 valence electrons. The minimum Gasteiger partial charge on any atom is -0.393 e. The number of hydrogen-bond donors (Lipinski definition) is 1. The average molecular weight is 142 g/mol. The fourth-order valence-electron chi connectivity index (χ4n) is 1.75. The Morgan fingerprint density at radius 1 is 1.10 bits per heavy atom. The molecule has 0 bridgehead atoms. The standard InChI is InChI=1S/C8H14O2/c9-6-3-1-2-4-7-8(5-6)10-7/h6-9H,1-5H2/t6-,7-,8+/m1/s1. The van der Waals surface area contributed by atoms with E-state index in [0.29, 0.717) is 12.2 Å². The van der Waals surface area contributed by atoms with Crippen LogP contribution in [0.1, 0.15) is 32.1 Å². The first-order valence-corrected chi connectivity index (χ1v) is 4.20. The van der Waals surface area contributed by atoms with Gasteiger partial charge >= 0.3 is 0 Å². The van der Waals surface area contributed by atoms with Crippen LogP contribution in [0.25, 0.3) is 0 Å². The van der Waals surface area contributed by atoms with Crippen molar-refractivity contribution >= 4 is 0 Å². The van der Waals surface area contributed by atoms with E-state index in [1.54, 1.807) is 0 Å². The molecular weight excluding hydrogens is 128 g/mol. The van der Waals surface area contributed by atoms with E-state index in [1.165, 1.54) is 19.3 Å². The summed E-state index contributed by atoms with van der Waals surface area (Å²) >= 11 is 0. The number of hydrogen-bond acceptors (Lipinski definition) is 2. The maximum Gasteiger partial charge on any atom is 0.0866 e. The minimum atomic E-state index is -0.0877. The summed E-state index contributed by atoms with van der Waals surface area (Å²) in [6, 6.07) is 0. The molecule has 2 heteroatoms. The van der Waals surface area contributed by atoms with Crippen LogP contribution in [-0.2, 0) is 4.74 Å².